The van der Waals surface area contributed by atoms with Gasteiger partial charge in [-0.05, 0) is 19.8 Å². The second-order valence-electron chi connectivity index (χ2n) is 8.55. The van der Waals surface area contributed by atoms with E-state index in [1.807, 2.05) is 14.1 Å². The Bertz CT molecular complexity index is 662. The number of likely N-dealkylation sites (tertiary alicyclic amines) is 1. The molecule has 1 fully saturated rings. The van der Waals surface area contributed by atoms with Crippen molar-refractivity contribution < 1.29 is 4.79 Å². The number of nitrogens with zero attached hydrogens (tertiary/aromatic N) is 4. The van der Waals surface area contributed by atoms with Crippen molar-refractivity contribution in [2.75, 3.05) is 40.3 Å². The van der Waals surface area contributed by atoms with Crippen molar-refractivity contribution in [2.24, 2.45) is 4.99 Å². The van der Waals surface area contributed by atoms with Crippen molar-refractivity contribution in [1.29, 1.82) is 0 Å². The molecule has 2 rings (SSSR count). The number of carbonyl (C=O) groups is 1. The summed E-state index contributed by atoms with van der Waals surface area (Å²) in [5.74, 6) is 1.01. The van der Waals surface area contributed by atoms with Crippen LogP contribution in [0.2, 0.25) is 0 Å². The Morgan fingerprint density at radius 2 is 2.00 bits per heavy atom. The van der Waals surface area contributed by atoms with Gasteiger partial charge in [0.2, 0.25) is 5.91 Å². The van der Waals surface area contributed by atoms with Gasteiger partial charge in [0.1, 0.15) is 5.01 Å². The molecule has 1 aromatic rings. The smallest absolute Gasteiger partial charge is 0.236 e. The number of aromatic nitrogens is 1. The summed E-state index contributed by atoms with van der Waals surface area (Å²) in [6.45, 7) is 12.4. The number of piperidine rings is 1. The molecule has 0 saturated carbocycles. The summed E-state index contributed by atoms with van der Waals surface area (Å²) in [6.07, 6.45) is 2.02. The third kappa shape index (κ3) is 8.75. The number of likely N-dealkylation sites (N-methyl/N-ethyl adjacent to an activating group) is 1. The molecular formula is C20H37IN6OS. The van der Waals surface area contributed by atoms with Crippen molar-refractivity contribution >= 4 is 47.2 Å². The second-order valence-corrected chi connectivity index (χ2v) is 9.50. The SMILES string of the molecule is CCNC(=NCc1nc(C(C)(C)C)cs1)NC1CCN(CC(=O)N(C)C)CC1.I. The number of carbonyl (C=O) groups excluding carboxylic acids is 1. The fourth-order valence-electron chi connectivity index (χ4n) is 2.96. The number of rotatable bonds is 6. The van der Waals surface area contributed by atoms with E-state index in [0.29, 0.717) is 19.1 Å². The maximum absolute atomic E-state index is 11.9. The van der Waals surface area contributed by atoms with Gasteiger partial charge in [0.05, 0.1) is 18.8 Å². The molecule has 2 heterocycles. The molecule has 0 aliphatic carbocycles. The van der Waals surface area contributed by atoms with Crippen LogP contribution in [0.3, 0.4) is 0 Å². The Morgan fingerprint density at radius 1 is 1.34 bits per heavy atom. The second kappa shape index (κ2) is 12.0. The lowest BCUT2D eigenvalue weighted by Crippen LogP contribution is -2.50. The van der Waals surface area contributed by atoms with E-state index >= 15 is 0 Å². The third-order valence-electron chi connectivity index (χ3n) is 4.82. The van der Waals surface area contributed by atoms with E-state index in [4.69, 9.17) is 9.98 Å². The molecule has 0 spiro atoms. The Hall–Kier alpha value is -0.940. The van der Waals surface area contributed by atoms with Crippen molar-refractivity contribution in [1.82, 2.24) is 25.4 Å². The van der Waals surface area contributed by atoms with Crippen molar-refractivity contribution in [2.45, 2.75) is 58.5 Å². The molecule has 9 heteroatoms. The number of nitrogens with one attached hydrogen (secondary N) is 2. The largest absolute Gasteiger partial charge is 0.357 e. The van der Waals surface area contributed by atoms with Crippen molar-refractivity contribution in [3.8, 4) is 0 Å². The van der Waals surface area contributed by atoms with Crippen LogP contribution in [0, 0.1) is 0 Å². The highest BCUT2D eigenvalue weighted by atomic mass is 127. The maximum Gasteiger partial charge on any atom is 0.236 e. The van der Waals surface area contributed by atoms with Crippen LogP contribution in [0.25, 0.3) is 0 Å². The fourth-order valence-corrected chi connectivity index (χ4v) is 3.90. The van der Waals surface area contributed by atoms with Gasteiger partial charge in [-0.3, -0.25) is 9.69 Å². The van der Waals surface area contributed by atoms with E-state index in [1.165, 1.54) is 0 Å². The molecule has 0 unspecified atom stereocenters. The highest BCUT2D eigenvalue weighted by Crippen LogP contribution is 2.24. The van der Waals surface area contributed by atoms with E-state index in [-0.39, 0.29) is 35.3 Å². The average molecular weight is 537 g/mol. The molecule has 1 aliphatic heterocycles. The summed E-state index contributed by atoms with van der Waals surface area (Å²) in [7, 11) is 3.62. The number of hydrogen-bond acceptors (Lipinski definition) is 5. The molecule has 1 amide bonds. The Balaban J connectivity index is 0.00000420. The maximum atomic E-state index is 11.9. The van der Waals surface area contributed by atoms with E-state index < -0.39 is 0 Å². The van der Waals surface area contributed by atoms with Crippen LogP contribution in [-0.4, -0.2) is 73.0 Å². The molecule has 29 heavy (non-hydrogen) atoms. The minimum absolute atomic E-state index is 0. The zero-order valence-corrected chi connectivity index (χ0v) is 21.8. The number of guanidine groups is 1. The van der Waals surface area contributed by atoms with Gasteiger partial charge >= 0.3 is 0 Å². The Labute approximate surface area is 196 Å². The van der Waals surface area contributed by atoms with E-state index in [2.05, 4.69) is 48.6 Å². The van der Waals surface area contributed by atoms with Crippen LogP contribution in [0.1, 0.15) is 51.2 Å². The van der Waals surface area contributed by atoms with Gasteiger partial charge in [-0.25, -0.2) is 9.98 Å². The number of amides is 1. The van der Waals surface area contributed by atoms with Gasteiger partial charge < -0.3 is 15.5 Å². The number of thiazole rings is 1. The zero-order valence-electron chi connectivity index (χ0n) is 18.6. The molecule has 1 saturated heterocycles. The summed E-state index contributed by atoms with van der Waals surface area (Å²) in [4.78, 5) is 25.2. The van der Waals surface area contributed by atoms with Crippen LogP contribution in [0.4, 0.5) is 0 Å². The average Bonchev–Trinajstić information content (AvgIpc) is 3.11. The predicted molar refractivity (Wildman–Crippen MR) is 132 cm³/mol. The summed E-state index contributed by atoms with van der Waals surface area (Å²) < 4.78 is 0. The molecule has 1 aromatic heterocycles. The normalized spacial score (nSPS) is 16.3. The molecule has 1 aliphatic rings. The lowest BCUT2D eigenvalue weighted by Gasteiger charge is -2.33. The van der Waals surface area contributed by atoms with Crippen LogP contribution < -0.4 is 10.6 Å². The predicted octanol–water partition coefficient (Wildman–Crippen LogP) is 2.67. The van der Waals surface area contributed by atoms with Crippen LogP contribution in [0.15, 0.2) is 10.4 Å². The van der Waals surface area contributed by atoms with Gasteiger partial charge in [0.15, 0.2) is 5.96 Å². The minimum Gasteiger partial charge on any atom is -0.357 e. The van der Waals surface area contributed by atoms with Gasteiger partial charge in [-0.2, -0.15) is 0 Å². The van der Waals surface area contributed by atoms with Crippen LogP contribution in [0.5, 0.6) is 0 Å². The number of halogens is 1. The molecule has 0 bridgehead atoms. The molecule has 0 atom stereocenters. The number of aliphatic imine (C=N–C) groups is 1. The third-order valence-corrected chi connectivity index (χ3v) is 5.66. The molecule has 0 radical (unpaired) electrons. The van der Waals surface area contributed by atoms with Crippen LogP contribution in [-0.2, 0) is 16.8 Å². The minimum atomic E-state index is 0. The van der Waals surface area contributed by atoms with Gasteiger partial charge in [0.25, 0.3) is 0 Å². The van der Waals surface area contributed by atoms with E-state index in [0.717, 1.165) is 49.1 Å². The molecule has 166 valence electrons. The highest BCUT2D eigenvalue weighted by molar-refractivity contribution is 14.0. The monoisotopic (exact) mass is 536 g/mol. The first kappa shape index (κ1) is 26.1. The lowest BCUT2D eigenvalue weighted by atomic mass is 9.93. The summed E-state index contributed by atoms with van der Waals surface area (Å²) >= 11 is 1.67. The Morgan fingerprint density at radius 3 is 2.52 bits per heavy atom. The number of hydrogen-bond donors (Lipinski definition) is 2. The van der Waals surface area contributed by atoms with E-state index in [9.17, 15) is 4.79 Å². The highest BCUT2D eigenvalue weighted by Gasteiger charge is 2.22. The van der Waals surface area contributed by atoms with Gasteiger partial charge in [0, 0.05) is 50.6 Å². The molecule has 0 aromatic carbocycles. The summed E-state index contributed by atoms with van der Waals surface area (Å²) in [5, 5.41) is 10.1. The summed E-state index contributed by atoms with van der Waals surface area (Å²) in [5.41, 5.74) is 1.20. The first-order chi connectivity index (χ1) is 13.2. The molecule has 7 nitrogen and oxygen atoms in total. The molecular weight excluding hydrogens is 499 g/mol. The zero-order chi connectivity index (χ0) is 20.7. The first-order valence-electron chi connectivity index (χ1n) is 10.1. The molecule has 2 N–H and O–H groups in total. The Kier molecular flexibility index (Phi) is 10.8. The van der Waals surface area contributed by atoms with Gasteiger partial charge in [-0.15, -0.1) is 35.3 Å². The topological polar surface area (TPSA) is 72.9 Å². The standard InChI is InChI=1S/C20H36N6OS.HI/c1-7-21-19(22-12-17-24-16(14-28-17)20(2,3)4)23-15-8-10-26(11-9-15)13-18(27)25(5)6;/h14-15H,7-13H2,1-6H3,(H2,21,22,23);1H. The van der Waals surface area contributed by atoms with Crippen molar-refractivity contribution in [3.05, 3.63) is 16.1 Å². The summed E-state index contributed by atoms with van der Waals surface area (Å²) in [6, 6.07) is 0.380. The van der Waals surface area contributed by atoms with Gasteiger partial charge in [-0.1, -0.05) is 20.8 Å². The fraction of sp³-hybridized carbons (Fsp3) is 0.750. The van der Waals surface area contributed by atoms with E-state index in [1.54, 1.807) is 16.2 Å². The first-order valence-corrected chi connectivity index (χ1v) is 11.0. The lowest BCUT2D eigenvalue weighted by molar-refractivity contribution is -0.130. The quantitative estimate of drug-likeness (QED) is 0.333. The van der Waals surface area contributed by atoms with Crippen LogP contribution >= 0.6 is 35.3 Å². The van der Waals surface area contributed by atoms with Crippen molar-refractivity contribution in [3.63, 3.8) is 0 Å².